The molecule has 2 N–H and O–H groups in total. The molecular weight excluding hydrogens is 244 g/mol. The van der Waals surface area contributed by atoms with E-state index >= 15 is 0 Å². The first-order chi connectivity index (χ1) is 9.04. The number of carbonyl (C=O) groups is 2. The zero-order valence-corrected chi connectivity index (χ0v) is 11.1. The second-order valence-corrected chi connectivity index (χ2v) is 4.70. The van der Waals surface area contributed by atoms with Gasteiger partial charge in [0.1, 0.15) is 6.04 Å². The van der Waals surface area contributed by atoms with Crippen molar-refractivity contribution in [2.45, 2.75) is 32.4 Å². The van der Waals surface area contributed by atoms with Crippen LogP contribution in [-0.2, 0) is 9.59 Å². The Morgan fingerprint density at radius 2 is 2.11 bits per heavy atom. The van der Waals surface area contributed by atoms with Crippen molar-refractivity contribution >= 4 is 17.5 Å². The van der Waals surface area contributed by atoms with Gasteiger partial charge in [-0.1, -0.05) is 25.1 Å². The number of imide groups is 1. The lowest BCUT2D eigenvalue weighted by Crippen LogP contribution is -2.58. The molecule has 1 aromatic rings. The van der Waals surface area contributed by atoms with Crippen molar-refractivity contribution in [2.75, 3.05) is 11.4 Å². The number of piperazine rings is 1. The first-order valence-corrected chi connectivity index (χ1v) is 6.42. The second-order valence-electron chi connectivity index (χ2n) is 4.70. The second kappa shape index (κ2) is 5.40. The number of nitrogens with one attached hydrogen (secondary N) is 1. The van der Waals surface area contributed by atoms with E-state index in [0.29, 0.717) is 6.42 Å². The summed E-state index contributed by atoms with van der Waals surface area (Å²) in [5.74, 6) is -0.589. The predicted molar refractivity (Wildman–Crippen MR) is 71.7 cm³/mol. The summed E-state index contributed by atoms with van der Waals surface area (Å²) in [6, 6.07) is 6.93. The van der Waals surface area contributed by atoms with Gasteiger partial charge >= 0.3 is 0 Å². The SMILES string of the molecule is CCC1C(=O)NC(=O)CN1c1ccccc1[C@@H](C)O. The lowest BCUT2D eigenvalue weighted by atomic mass is 10.0. The van der Waals surface area contributed by atoms with Gasteiger partial charge in [0.25, 0.3) is 0 Å². The van der Waals surface area contributed by atoms with Crippen LogP contribution in [0, 0.1) is 0 Å². The van der Waals surface area contributed by atoms with Crippen molar-refractivity contribution in [1.29, 1.82) is 0 Å². The number of benzene rings is 1. The fraction of sp³-hybridized carbons (Fsp3) is 0.429. The third-order valence-electron chi connectivity index (χ3n) is 3.34. The topological polar surface area (TPSA) is 69.6 Å². The average Bonchev–Trinajstić information content (AvgIpc) is 2.37. The van der Waals surface area contributed by atoms with Crippen LogP contribution in [0.5, 0.6) is 0 Å². The van der Waals surface area contributed by atoms with Gasteiger partial charge in [-0.05, 0) is 19.4 Å². The standard InChI is InChI=1S/C14H18N2O3/c1-3-11-14(19)15-13(18)8-16(11)12-7-5-4-6-10(12)9(2)17/h4-7,9,11,17H,3,8H2,1-2H3,(H,15,18,19)/t9-,11?/m1/s1. The molecule has 1 aromatic carbocycles. The molecule has 0 aromatic heterocycles. The minimum absolute atomic E-state index is 0.133. The molecule has 1 aliphatic rings. The van der Waals surface area contributed by atoms with Gasteiger partial charge in [-0.25, -0.2) is 0 Å². The highest BCUT2D eigenvalue weighted by molar-refractivity contribution is 6.04. The monoisotopic (exact) mass is 262 g/mol. The molecule has 2 amide bonds. The summed E-state index contributed by atoms with van der Waals surface area (Å²) in [4.78, 5) is 25.2. The number of aliphatic hydroxyl groups is 1. The molecular formula is C14H18N2O3. The number of para-hydroxylation sites is 1. The number of hydrogen-bond donors (Lipinski definition) is 2. The third-order valence-corrected chi connectivity index (χ3v) is 3.34. The number of carbonyl (C=O) groups excluding carboxylic acids is 2. The number of nitrogens with zero attached hydrogens (tertiary/aromatic N) is 1. The van der Waals surface area contributed by atoms with Crippen LogP contribution in [0.3, 0.4) is 0 Å². The van der Waals surface area contributed by atoms with Crippen LogP contribution >= 0.6 is 0 Å². The quantitative estimate of drug-likeness (QED) is 0.797. The average molecular weight is 262 g/mol. The van der Waals surface area contributed by atoms with E-state index in [1.165, 1.54) is 0 Å². The lowest BCUT2D eigenvalue weighted by Gasteiger charge is -2.36. The van der Waals surface area contributed by atoms with Crippen molar-refractivity contribution in [3.8, 4) is 0 Å². The Morgan fingerprint density at radius 3 is 2.74 bits per heavy atom. The van der Waals surface area contributed by atoms with Crippen molar-refractivity contribution in [3.63, 3.8) is 0 Å². The fourth-order valence-electron chi connectivity index (χ4n) is 2.43. The first-order valence-electron chi connectivity index (χ1n) is 6.42. The Balaban J connectivity index is 2.43. The van der Waals surface area contributed by atoms with Gasteiger partial charge in [-0.15, -0.1) is 0 Å². The lowest BCUT2D eigenvalue weighted by molar-refractivity contribution is -0.132. The molecule has 1 unspecified atom stereocenters. The van der Waals surface area contributed by atoms with Gasteiger partial charge in [0.05, 0.1) is 12.6 Å². The Kier molecular flexibility index (Phi) is 3.85. The largest absolute Gasteiger partial charge is 0.389 e. The molecule has 2 rings (SSSR count). The van der Waals surface area contributed by atoms with Crippen LogP contribution < -0.4 is 10.2 Å². The number of amides is 2. The molecule has 1 fully saturated rings. The molecule has 0 aliphatic carbocycles. The molecule has 2 atom stereocenters. The molecule has 19 heavy (non-hydrogen) atoms. The highest BCUT2D eigenvalue weighted by atomic mass is 16.3. The van der Waals surface area contributed by atoms with Crippen LogP contribution in [0.2, 0.25) is 0 Å². The minimum Gasteiger partial charge on any atom is -0.389 e. The number of rotatable bonds is 3. The van der Waals surface area contributed by atoms with Gasteiger partial charge < -0.3 is 10.0 Å². The molecule has 1 aliphatic heterocycles. The maximum absolute atomic E-state index is 11.9. The summed E-state index contributed by atoms with van der Waals surface area (Å²) < 4.78 is 0. The maximum Gasteiger partial charge on any atom is 0.249 e. The van der Waals surface area contributed by atoms with Gasteiger partial charge in [-0.2, -0.15) is 0 Å². The summed E-state index contributed by atoms with van der Waals surface area (Å²) in [5.41, 5.74) is 1.47. The smallest absolute Gasteiger partial charge is 0.249 e. The van der Waals surface area contributed by atoms with E-state index in [-0.39, 0.29) is 24.4 Å². The van der Waals surface area contributed by atoms with Gasteiger partial charge in [-0.3, -0.25) is 14.9 Å². The van der Waals surface area contributed by atoms with E-state index in [1.807, 2.05) is 31.2 Å². The Morgan fingerprint density at radius 1 is 1.42 bits per heavy atom. The maximum atomic E-state index is 11.9. The van der Waals surface area contributed by atoms with Crippen LogP contribution in [0.15, 0.2) is 24.3 Å². The van der Waals surface area contributed by atoms with Crippen molar-refractivity contribution in [2.24, 2.45) is 0 Å². The van der Waals surface area contributed by atoms with Gasteiger partial charge in [0.15, 0.2) is 0 Å². The number of anilines is 1. The minimum atomic E-state index is -0.645. The Labute approximate surface area is 112 Å². The first kappa shape index (κ1) is 13.5. The van der Waals surface area contributed by atoms with Crippen molar-refractivity contribution < 1.29 is 14.7 Å². The van der Waals surface area contributed by atoms with Crippen LogP contribution in [0.1, 0.15) is 31.9 Å². The van der Waals surface area contributed by atoms with Crippen LogP contribution in [-0.4, -0.2) is 29.5 Å². The van der Waals surface area contributed by atoms with Crippen molar-refractivity contribution in [3.05, 3.63) is 29.8 Å². The summed E-state index contributed by atoms with van der Waals surface area (Å²) in [5, 5.41) is 12.2. The summed E-state index contributed by atoms with van der Waals surface area (Å²) in [6.07, 6.45) is -0.0402. The van der Waals surface area contributed by atoms with E-state index in [4.69, 9.17) is 0 Å². The zero-order chi connectivity index (χ0) is 14.0. The van der Waals surface area contributed by atoms with Gasteiger partial charge in [0, 0.05) is 11.3 Å². The zero-order valence-electron chi connectivity index (χ0n) is 11.1. The van der Waals surface area contributed by atoms with Crippen LogP contribution in [0.4, 0.5) is 5.69 Å². The molecule has 0 radical (unpaired) electrons. The van der Waals surface area contributed by atoms with E-state index in [1.54, 1.807) is 11.8 Å². The summed E-state index contributed by atoms with van der Waals surface area (Å²) in [7, 11) is 0. The van der Waals surface area contributed by atoms with Crippen LogP contribution in [0.25, 0.3) is 0 Å². The Bertz CT molecular complexity index is 499. The molecule has 0 spiro atoms. The number of aliphatic hydroxyl groups excluding tert-OH is 1. The molecule has 5 nitrogen and oxygen atoms in total. The molecule has 5 heteroatoms. The van der Waals surface area contributed by atoms with E-state index < -0.39 is 6.10 Å². The van der Waals surface area contributed by atoms with E-state index in [9.17, 15) is 14.7 Å². The molecule has 0 saturated carbocycles. The summed E-state index contributed by atoms with van der Waals surface area (Å²) in [6.45, 7) is 3.71. The molecule has 1 saturated heterocycles. The predicted octanol–water partition coefficient (Wildman–Crippen LogP) is 0.981. The normalized spacial score (nSPS) is 21.2. The summed E-state index contributed by atoms with van der Waals surface area (Å²) >= 11 is 0. The van der Waals surface area contributed by atoms with Gasteiger partial charge in [0.2, 0.25) is 11.8 Å². The molecule has 1 heterocycles. The molecule has 102 valence electrons. The third kappa shape index (κ3) is 2.61. The van der Waals surface area contributed by atoms with E-state index in [2.05, 4.69) is 5.32 Å². The van der Waals surface area contributed by atoms with E-state index in [0.717, 1.165) is 11.3 Å². The van der Waals surface area contributed by atoms with Crippen molar-refractivity contribution in [1.82, 2.24) is 5.32 Å². The highest BCUT2D eigenvalue weighted by Crippen LogP contribution is 2.29. The molecule has 0 bridgehead atoms. The fourth-order valence-corrected chi connectivity index (χ4v) is 2.43. The highest BCUT2D eigenvalue weighted by Gasteiger charge is 2.33. The Hall–Kier alpha value is -1.88. The number of hydrogen-bond acceptors (Lipinski definition) is 4.